The van der Waals surface area contributed by atoms with E-state index in [4.69, 9.17) is 16.3 Å². The fraction of sp³-hybridized carbons (Fsp3) is 0.182. The molecule has 0 spiro atoms. The largest absolute Gasteiger partial charge is 0.453 e. The summed E-state index contributed by atoms with van der Waals surface area (Å²) in [7, 11) is 3.19. The van der Waals surface area contributed by atoms with E-state index in [0.29, 0.717) is 58.6 Å². The quantitative estimate of drug-likeness (QED) is 0.201. The zero-order valence-electron chi connectivity index (χ0n) is 26.0. The lowest BCUT2D eigenvalue weighted by Crippen LogP contribution is -2.33. The summed E-state index contributed by atoms with van der Waals surface area (Å²) < 4.78 is 6.24. The van der Waals surface area contributed by atoms with Gasteiger partial charge in [0.2, 0.25) is 5.91 Å². The Kier molecular flexibility index (Phi) is 9.43. The van der Waals surface area contributed by atoms with Crippen molar-refractivity contribution in [1.82, 2.24) is 40.8 Å². The van der Waals surface area contributed by atoms with Gasteiger partial charge in [-0.15, -0.1) is 5.10 Å². The van der Waals surface area contributed by atoms with Crippen LogP contribution in [0.1, 0.15) is 33.4 Å². The standard InChI is InChI=1S/C33H31ClN10O4/c1-43-13-12-35-32(46)22-5-3-4-20(14-22)15-26(31-36-18-27(40-31)25-9-8-24(17-29(25)43)38-33(47)48-2)39-30(45)11-6-21-16-23(34)7-10-28(21)44-19-37-41-42-44/h3-11,14,16-19,26H,12-13,15H2,1-2H3,(H,35,46)(H,36,40)(H,38,47)(H,39,45)/b11-6+. The van der Waals surface area contributed by atoms with Crippen LogP contribution in [0.2, 0.25) is 5.02 Å². The SMILES string of the molecule is COC(=O)Nc1ccc2c(c1)N(C)CCNC(=O)c1cccc(c1)CC(NC(=O)/C=C/c1cc(Cl)ccc1-n1cnnn1)c1ncc-2[nH]1. The Balaban J connectivity index is 1.35. The summed E-state index contributed by atoms with van der Waals surface area (Å²) in [6, 6.07) is 17.3. The van der Waals surface area contributed by atoms with E-state index in [-0.39, 0.29) is 11.8 Å². The minimum absolute atomic E-state index is 0.218. The number of ether oxygens (including phenoxy) is 1. The van der Waals surface area contributed by atoms with Gasteiger partial charge in [-0.2, -0.15) is 4.68 Å². The normalized spacial score (nSPS) is 14.8. The molecule has 3 aromatic carbocycles. The number of amides is 3. The lowest BCUT2D eigenvalue weighted by molar-refractivity contribution is -0.117. The van der Waals surface area contributed by atoms with E-state index >= 15 is 0 Å². The third-order valence-corrected chi connectivity index (χ3v) is 7.97. The molecule has 48 heavy (non-hydrogen) atoms. The molecule has 3 amide bonds. The van der Waals surface area contributed by atoms with Gasteiger partial charge in [-0.05, 0) is 77.0 Å². The van der Waals surface area contributed by atoms with Gasteiger partial charge in [0, 0.05) is 59.3 Å². The number of nitrogens with one attached hydrogen (secondary N) is 4. The minimum Gasteiger partial charge on any atom is -0.453 e. The first-order valence-corrected chi connectivity index (χ1v) is 15.3. The van der Waals surface area contributed by atoms with Gasteiger partial charge in [-0.3, -0.25) is 14.9 Å². The molecular formula is C33H31ClN10O4. The van der Waals surface area contributed by atoms with Crippen molar-refractivity contribution in [2.24, 2.45) is 0 Å². The highest BCUT2D eigenvalue weighted by Gasteiger charge is 2.22. The number of likely N-dealkylation sites (N-methyl/N-ethyl adjacent to an activating group) is 1. The number of anilines is 2. The summed E-state index contributed by atoms with van der Waals surface area (Å²) in [6.45, 7) is 0.850. The van der Waals surface area contributed by atoms with Gasteiger partial charge >= 0.3 is 6.09 Å². The topological polar surface area (TPSA) is 172 Å². The summed E-state index contributed by atoms with van der Waals surface area (Å²) in [5.41, 5.74) is 5.40. The number of aromatic amines is 1. The van der Waals surface area contributed by atoms with Gasteiger partial charge in [-0.1, -0.05) is 23.7 Å². The van der Waals surface area contributed by atoms with Gasteiger partial charge in [0.15, 0.2) is 0 Å². The molecule has 0 fully saturated rings. The number of rotatable bonds is 5. The molecule has 244 valence electrons. The second-order valence-corrected chi connectivity index (χ2v) is 11.4. The van der Waals surface area contributed by atoms with Crippen molar-refractivity contribution in [3.63, 3.8) is 0 Å². The Bertz CT molecular complexity index is 1990. The molecule has 0 aliphatic carbocycles. The number of halogens is 1. The molecule has 1 aliphatic rings. The third-order valence-electron chi connectivity index (χ3n) is 7.73. The summed E-state index contributed by atoms with van der Waals surface area (Å²) in [5, 5.41) is 20.6. The molecule has 14 nitrogen and oxygen atoms in total. The van der Waals surface area contributed by atoms with Crippen molar-refractivity contribution >= 4 is 47.0 Å². The van der Waals surface area contributed by atoms with Crippen molar-refractivity contribution in [2.45, 2.75) is 12.5 Å². The fourth-order valence-electron chi connectivity index (χ4n) is 5.35. The molecule has 4 bridgehead atoms. The average molecular weight is 667 g/mol. The highest BCUT2D eigenvalue weighted by Crippen LogP contribution is 2.33. The Hall–Kier alpha value is -6.02. The molecule has 2 aromatic heterocycles. The number of nitrogens with zero attached hydrogens (tertiary/aromatic N) is 6. The zero-order valence-corrected chi connectivity index (χ0v) is 26.7. The number of benzene rings is 3. The number of fused-ring (bicyclic) bond motifs is 6. The van der Waals surface area contributed by atoms with Crippen LogP contribution in [0.25, 0.3) is 23.0 Å². The molecule has 1 aliphatic heterocycles. The van der Waals surface area contributed by atoms with Crippen molar-refractivity contribution in [3.8, 4) is 16.9 Å². The predicted octanol–water partition coefficient (Wildman–Crippen LogP) is 4.18. The predicted molar refractivity (Wildman–Crippen MR) is 180 cm³/mol. The first-order valence-electron chi connectivity index (χ1n) is 14.9. The van der Waals surface area contributed by atoms with E-state index < -0.39 is 12.1 Å². The van der Waals surface area contributed by atoms with Gasteiger partial charge in [-0.25, -0.2) is 9.78 Å². The first kappa shape index (κ1) is 31.9. The second kappa shape index (κ2) is 14.2. The summed E-state index contributed by atoms with van der Waals surface area (Å²) in [4.78, 5) is 48.5. The third kappa shape index (κ3) is 7.34. The molecule has 5 aromatic rings. The van der Waals surface area contributed by atoms with Crippen LogP contribution in [0.3, 0.4) is 0 Å². The van der Waals surface area contributed by atoms with Gasteiger partial charge < -0.3 is 25.3 Å². The van der Waals surface area contributed by atoms with E-state index in [1.165, 1.54) is 24.2 Å². The van der Waals surface area contributed by atoms with Crippen LogP contribution < -0.4 is 20.9 Å². The molecule has 3 heterocycles. The van der Waals surface area contributed by atoms with E-state index in [0.717, 1.165) is 16.8 Å². The van der Waals surface area contributed by atoms with E-state index in [9.17, 15) is 14.4 Å². The monoisotopic (exact) mass is 666 g/mol. The molecular weight excluding hydrogens is 636 g/mol. The number of hydrogen-bond acceptors (Lipinski definition) is 9. The summed E-state index contributed by atoms with van der Waals surface area (Å²) in [6.07, 6.45) is 5.95. The van der Waals surface area contributed by atoms with Crippen LogP contribution in [0.5, 0.6) is 0 Å². The molecule has 0 radical (unpaired) electrons. The fourth-order valence-corrected chi connectivity index (χ4v) is 5.53. The molecule has 0 saturated carbocycles. The van der Waals surface area contributed by atoms with Crippen LogP contribution >= 0.6 is 11.6 Å². The smallest absolute Gasteiger partial charge is 0.411 e. The van der Waals surface area contributed by atoms with Crippen molar-refractivity contribution in [1.29, 1.82) is 0 Å². The van der Waals surface area contributed by atoms with E-state index in [1.54, 1.807) is 48.7 Å². The van der Waals surface area contributed by atoms with Crippen LogP contribution in [-0.4, -0.2) is 75.3 Å². The number of tetrazole rings is 1. The van der Waals surface area contributed by atoms with Gasteiger partial charge in [0.05, 0.1) is 30.7 Å². The maximum absolute atomic E-state index is 13.4. The van der Waals surface area contributed by atoms with Gasteiger partial charge in [0.1, 0.15) is 12.2 Å². The summed E-state index contributed by atoms with van der Waals surface area (Å²) >= 11 is 6.26. The molecule has 0 saturated heterocycles. The van der Waals surface area contributed by atoms with Crippen LogP contribution in [0, 0.1) is 0 Å². The van der Waals surface area contributed by atoms with E-state index in [2.05, 4.69) is 41.4 Å². The number of aromatic nitrogens is 6. The Morgan fingerprint density at radius 3 is 2.79 bits per heavy atom. The molecule has 15 heteroatoms. The molecule has 4 N–H and O–H groups in total. The number of H-pyrrole nitrogens is 1. The van der Waals surface area contributed by atoms with Crippen molar-refractivity contribution < 1.29 is 19.1 Å². The number of carbonyl (C=O) groups excluding carboxylic acids is 3. The molecule has 6 rings (SSSR count). The maximum atomic E-state index is 13.4. The first-order chi connectivity index (χ1) is 23.3. The Morgan fingerprint density at radius 1 is 1.10 bits per heavy atom. The van der Waals surface area contributed by atoms with Crippen molar-refractivity contribution in [3.05, 3.63) is 107 Å². The Labute approximate surface area is 280 Å². The molecule has 1 atom stereocenters. The number of carbonyl (C=O) groups is 3. The van der Waals surface area contributed by atoms with Crippen LogP contribution in [-0.2, 0) is 16.0 Å². The number of imidazole rings is 1. The number of methoxy groups -OCH3 is 1. The maximum Gasteiger partial charge on any atom is 0.411 e. The summed E-state index contributed by atoms with van der Waals surface area (Å²) in [5.74, 6) is -0.0883. The van der Waals surface area contributed by atoms with Crippen LogP contribution in [0.15, 0.2) is 79.3 Å². The lowest BCUT2D eigenvalue weighted by atomic mass is 10.0. The number of hydrogen-bond donors (Lipinski definition) is 4. The highest BCUT2D eigenvalue weighted by molar-refractivity contribution is 6.30. The minimum atomic E-state index is -0.598. The van der Waals surface area contributed by atoms with Crippen molar-refractivity contribution in [2.75, 3.05) is 37.5 Å². The van der Waals surface area contributed by atoms with E-state index in [1.807, 2.05) is 36.2 Å². The highest BCUT2D eigenvalue weighted by atomic mass is 35.5. The Morgan fingerprint density at radius 2 is 1.98 bits per heavy atom. The van der Waals surface area contributed by atoms with Crippen LogP contribution in [0.4, 0.5) is 16.2 Å². The average Bonchev–Trinajstić information content (AvgIpc) is 3.80. The lowest BCUT2D eigenvalue weighted by Gasteiger charge is -2.23. The second-order valence-electron chi connectivity index (χ2n) is 11.0. The zero-order chi connectivity index (χ0) is 33.6. The molecule has 1 unspecified atom stereocenters. The van der Waals surface area contributed by atoms with Gasteiger partial charge in [0.25, 0.3) is 5.91 Å².